The molecule has 0 spiro atoms. The van der Waals surface area contributed by atoms with E-state index in [1.165, 1.54) is 98.9 Å². The standard InChI is InChI=1S/C47H30N2.C46H28N2/c1-29-17-21-32(22-18-29)48-42-15-6-4-11-35(42)40-27-30(19-24-45(40)48)31-20-25-46-41(28-31)36-12-5-7-16-43(36)49(46)44-26-23-38-34-10-3-2-9-33(34)37-13-8-14-39(44)47(37)38;1-2-11-31(12-3-1)47-41-19-8-6-15-34(41)39-27-29(21-24-44(39)47)30-22-25-45-40(28-30)35-16-7-9-20-42(35)48(45)43-26-23-37-33-14-5-4-13-32(33)36-17-10-18-38(43)46(36)37/h2-28H,1H3;1-28H/i1D3;1D,2D,3D,11D,12D. The number of aromatic nitrogens is 4. The molecule has 22 rings (SSSR count). The third-order valence-electron chi connectivity index (χ3n) is 20.7. The van der Waals surface area contributed by atoms with Gasteiger partial charge in [0.25, 0.3) is 0 Å². The van der Waals surface area contributed by atoms with Gasteiger partial charge < -0.3 is 18.3 Å². The Morgan fingerprint density at radius 3 is 0.928 bits per heavy atom. The van der Waals surface area contributed by atoms with E-state index in [0.29, 0.717) is 5.56 Å². The van der Waals surface area contributed by atoms with Gasteiger partial charge in [-0.15, -0.1) is 0 Å². The Bertz CT molecular complexity index is 7120. The van der Waals surface area contributed by atoms with E-state index in [-0.39, 0.29) is 29.9 Å². The summed E-state index contributed by atoms with van der Waals surface area (Å²) in [7, 11) is 0. The molecule has 16 aromatic carbocycles. The summed E-state index contributed by atoms with van der Waals surface area (Å²) in [5.74, 6) is 0. The summed E-state index contributed by atoms with van der Waals surface area (Å²) in [6.07, 6.45) is 0. The van der Waals surface area contributed by atoms with Crippen molar-refractivity contribution in [3.8, 4) is 89.5 Å². The van der Waals surface area contributed by atoms with Gasteiger partial charge in [-0.25, -0.2) is 0 Å². The van der Waals surface area contributed by atoms with Crippen LogP contribution in [0.3, 0.4) is 0 Å². The molecule has 0 aliphatic heterocycles. The lowest BCUT2D eigenvalue weighted by Crippen LogP contribution is -1.95. The Balaban J connectivity index is 0.000000135. The summed E-state index contributed by atoms with van der Waals surface area (Å²) in [4.78, 5) is 0. The van der Waals surface area contributed by atoms with Crippen molar-refractivity contribution in [3.05, 3.63) is 339 Å². The van der Waals surface area contributed by atoms with E-state index in [0.717, 1.165) is 93.7 Å². The molecular formula is C93H58N4. The number of benzene rings is 16. The van der Waals surface area contributed by atoms with Gasteiger partial charge in [-0.2, -0.15) is 0 Å². The molecule has 0 N–H and O–H groups in total. The zero-order valence-electron chi connectivity index (χ0n) is 60.2. The number of para-hydroxylation sites is 5. The van der Waals surface area contributed by atoms with Crippen molar-refractivity contribution in [2.75, 3.05) is 0 Å². The van der Waals surface area contributed by atoms with E-state index in [9.17, 15) is 0 Å². The average molecular weight is 1240 g/mol. The molecule has 0 amide bonds. The minimum atomic E-state index is -2.14. The summed E-state index contributed by atoms with van der Waals surface area (Å²) < 4.78 is 74.7. The zero-order chi connectivity index (χ0) is 70.4. The molecule has 450 valence electrons. The molecule has 20 aromatic rings. The monoisotopic (exact) mass is 1240 g/mol. The first kappa shape index (κ1) is 46.3. The van der Waals surface area contributed by atoms with Crippen molar-refractivity contribution in [2.45, 2.75) is 6.85 Å². The van der Waals surface area contributed by atoms with E-state index in [4.69, 9.17) is 11.0 Å². The maximum atomic E-state index is 8.75. The highest BCUT2D eigenvalue weighted by molar-refractivity contribution is 6.22. The van der Waals surface area contributed by atoms with Crippen LogP contribution in [0.4, 0.5) is 0 Å². The highest BCUT2D eigenvalue weighted by Gasteiger charge is 2.27. The first-order valence-corrected chi connectivity index (χ1v) is 33.0. The fraction of sp³-hybridized carbons (Fsp3) is 0.0108. The molecule has 4 heterocycles. The quantitative estimate of drug-likeness (QED) is 0.158. The molecule has 0 unspecified atom stereocenters. The second kappa shape index (κ2) is 20.6. The van der Waals surface area contributed by atoms with E-state index in [1.807, 2.05) is 47.0 Å². The summed E-state index contributed by atoms with van der Waals surface area (Å²) in [6.45, 7) is -2.14. The molecule has 4 nitrogen and oxygen atoms in total. The van der Waals surface area contributed by atoms with Crippen LogP contribution in [0.25, 0.3) is 198 Å². The third kappa shape index (κ3) is 7.81. The fourth-order valence-corrected chi connectivity index (χ4v) is 16.6. The number of aryl methyl sites for hydroxylation is 1. The van der Waals surface area contributed by atoms with Crippen molar-refractivity contribution in [1.29, 1.82) is 0 Å². The summed E-state index contributed by atoms with van der Waals surface area (Å²) in [5.41, 5.74) is 26.9. The van der Waals surface area contributed by atoms with Crippen LogP contribution in [0.2, 0.25) is 0 Å². The van der Waals surface area contributed by atoms with E-state index in [2.05, 4.69) is 262 Å². The van der Waals surface area contributed by atoms with Crippen molar-refractivity contribution in [1.82, 2.24) is 18.3 Å². The lowest BCUT2D eigenvalue weighted by molar-refractivity contribution is 1.17. The maximum absolute atomic E-state index is 8.75. The predicted molar refractivity (Wildman–Crippen MR) is 410 cm³/mol. The van der Waals surface area contributed by atoms with Gasteiger partial charge in [0.15, 0.2) is 0 Å². The maximum Gasteiger partial charge on any atom is 0.0645 e. The van der Waals surface area contributed by atoms with E-state index in [1.54, 1.807) is 12.1 Å². The predicted octanol–water partition coefficient (Wildman–Crippen LogP) is 25.0. The van der Waals surface area contributed by atoms with E-state index < -0.39 is 12.9 Å². The van der Waals surface area contributed by atoms with Gasteiger partial charge >= 0.3 is 0 Å². The molecule has 0 bridgehead atoms. The van der Waals surface area contributed by atoms with Crippen LogP contribution in [0.1, 0.15) is 16.5 Å². The summed E-state index contributed by atoms with van der Waals surface area (Å²) in [5, 5.41) is 14.1. The molecule has 0 saturated carbocycles. The highest BCUT2D eigenvalue weighted by Crippen LogP contribution is 2.52. The van der Waals surface area contributed by atoms with Crippen molar-refractivity contribution in [2.24, 2.45) is 0 Å². The van der Waals surface area contributed by atoms with Gasteiger partial charge in [-0.05, 0) is 194 Å². The molecule has 4 heteroatoms. The number of rotatable bonds is 6. The molecule has 2 aliphatic carbocycles. The van der Waals surface area contributed by atoms with Crippen molar-refractivity contribution < 1.29 is 11.0 Å². The first-order chi connectivity index (χ1) is 51.3. The third-order valence-corrected chi connectivity index (χ3v) is 20.7. The van der Waals surface area contributed by atoms with Gasteiger partial charge in [0, 0.05) is 69.3 Å². The molecular weight excluding hydrogens is 1170 g/mol. The molecule has 2 aliphatic rings. The Morgan fingerprint density at radius 2 is 0.536 bits per heavy atom. The van der Waals surface area contributed by atoms with Gasteiger partial charge in [0.2, 0.25) is 0 Å². The molecule has 0 fully saturated rings. The van der Waals surface area contributed by atoms with Crippen LogP contribution in [0.15, 0.2) is 334 Å². The second-order valence-electron chi connectivity index (χ2n) is 25.7. The molecule has 0 atom stereocenters. The minimum Gasteiger partial charge on any atom is -0.309 e. The Morgan fingerprint density at radius 1 is 0.227 bits per heavy atom. The normalized spacial score (nSPS) is 13.5. The number of nitrogens with zero attached hydrogens (tertiary/aromatic N) is 4. The number of hydrogen-bond donors (Lipinski definition) is 0. The van der Waals surface area contributed by atoms with E-state index >= 15 is 0 Å². The van der Waals surface area contributed by atoms with Crippen LogP contribution < -0.4 is 0 Å². The van der Waals surface area contributed by atoms with Crippen LogP contribution >= 0.6 is 0 Å². The number of hydrogen-bond acceptors (Lipinski definition) is 0. The van der Waals surface area contributed by atoms with Crippen LogP contribution in [0, 0.1) is 6.85 Å². The SMILES string of the molecule is [2H]C([2H])([2H])c1ccc(-n2c3ccccc3c3cc(-c4ccc5c(c4)c4ccccc4n5-c4ccc5c6c(cccc46)-c4ccccc4-5)ccc32)cc1.[2H]c1c([2H])c([2H])c(-n2c3ccccc3c3cc(-c4ccc5c(c4)c4ccccc4n5-c4ccc5c6c(cccc46)-c4ccccc4-5)ccc32)c([2H])c1[2H]. The van der Waals surface area contributed by atoms with Crippen LogP contribution in [0.5, 0.6) is 0 Å². The highest BCUT2D eigenvalue weighted by atomic mass is 15.0. The fourth-order valence-electron chi connectivity index (χ4n) is 16.6. The van der Waals surface area contributed by atoms with Crippen LogP contribution in [-0.4, -0.2) is 18.3 Å². The zero-order valence-corrected chi connectivity index (χ0v) is 52.2. The van der Waals surface area contributed by atoms with Gasteiger partial charge in [-0.1, -0.05) is 230 Å². The Kier molecular flexibility index (Phi) is 9.85. The first-order valence-electron chi connectivity index (χ1n) is 37.0. The second-order valence-corrected chi connectivity index (χ2v) is 25.7. The van der Waals surface area contributed by atoms with Crippen molar-refractivity contribution >= 4 is 109 Å². The number of fused-ring (bicyclic) bond motifs is 18. The Labute approximate surface area is 570 Å². The smallest absolute Gasteiger partial charge is 0.0645 e. The lowest BCUT2D eigenvalue weighted by Gasteiger charge is -2.13. The Hall–Kier alpha value is -12.8. The molecule has 0 radical (unpaired) electrons. The average Bonchev–Trinajstić information content (AvgIpc) is 1.58. The molecule has 0 saturated heterocycles. The van der Waals surface area contributed by atoms with Gasteiger partial charge in [0.1, 0.15) is 0 Å². The van der Waals surface area contributed by atoms with Gasteiger partial charge in [0.05, 0.1) is 62.4 Å². The topological polar surface area (TPSA) is 19.7 Å². The summed E-state index contributed by atoms with van der Waals surface area (Å²) >= 11 is 0. The lowest BCUT2D eigenvalue weighted by atomic mass is 10.0. The molecule has 4 aromatic heterocycles. The van der Waals surface area contributed by atoms with Crippen LogP contribution in [-0.2, 0) is 0 Å². The largest absolute Gasteiger partial charge is 0.309 e. The summed E-state index contributed by atoms with van der Waals surface area (Å²) in [6, 6.07) is 106. The minimum absolute atomic E-state index is 0.149. The van der Waals surface area contributed by atoms with Crippen molar-refractivity contribution in [3.63, 3.8) is 0 Å². The van der Waals surface area contributed by atoms with Gasteiger partial charge in [-0.3, -0.25) is 0 Å². The molecule has 97 heavy (non-hydrogen) atoms.